The number of hydrogen-bond donors (Lipinski definition) is 1. The highest BCUT2D eigenvalue weighted by Crippen LogP contribution is 2.41. The Labute approximate surface area is 194 Å². The second-order valence-electron chi connectivity index (χ2n) is 8.15. The Hall–Kier alpha value is -3.48. The number of ketones is 1. The molecule has 3 rings (SSSR count). The van der Waals surface area contributed by atoms with E-state index in [1.807, 2.05) is 45.0 Å². The number of amides is 1. The molecule has 2 aromatic carbocycles. The van der Waals surface area contributed by atoms with E-state index in [1.54, 1.807) is 18.2 Å². The smallest absolute Gasteiger partial charge is 0.295 e. The number of hydrogen-bond acceptors (Lipinski definition) is 6. The first-order chi connectivity index (χ1) is 15.8. The summed E-state index contributed by atoms with van der Waals surface area (Å²) in [6, 6.07) is 11.4. The van der Waals surface area contributed by atoms with E-state index in [0.29, 0.717) is 34.9 Å². The maximum atomic E-state index is 13.1. The summed E-state index contributed by atoms with van der Waals surface area (Å²) in [5, 5.41) is 11.2. The van der Waals surface area contributed by atoms with Gasteiger partial charge in [0.1, 0.15) is 11.5 Å². The Morgan fingerprint density at radius 2 is 1.79 bits per heavy atom. The zero-order chi connectivity index (χ0) is 24.1. The number of benzene rings is 2. The number of aliphatic hydroxyl groups excluding tert-OH is 1. The number of ether oxygens (including phenoxy) is 3. The standard InChI is InChI=1S/C26H31NO6/c1-6-7-13-27-23(17-9-8-10-19(14-17)33-16(2)3)22(25(29)26(27)30)24(28)18-11-12-20(31-4)21(15-18)32-5/h8-12,14-16,23,28H,6-7,13H2,1-5H3/b24-22+. The number of likely N-dealkylation sites (tertiary alicyclic amines) is 1. The number of unbranched alkanes of at least 4 members (excludes halogenated alkanes) is 1. The van der Waals surface area contributed by atoms with Gasteiger partial charge in [-0.05, 0) is 56.2 Å². The predicted molar refractivity (Wildman–Crippen MR) is 126 cm³/mol. The molecular weight excluding hydrogens is 422 g/mol. The molecule has 0 radical (unpaired) electrons. The molecule has 0 aliphatic carbocycles. The third kappa shape index (κ3) is 4.97. The van der Waals surface area contributed by atoms with Gasteiger partial charge in [-0.3, -0.25) is 9.59 Å². The molecule has 176 valence electrons. The number of rotatable bonds is 9. The molecule has 1 amide bonds. The molecule has 2 aromatic rings. The van der Waals surface area contributed by atoms with E-state index in [-0.39, 0.29) is 17.4 Å². The molecule has 1 N–H and O–H groups in total. The van der Waals surface area contributed by atoms with E-state index in [9.17, 15) is 14.7 Å². The topological polar surface area (TPSA) is 85.3 Å². The number of carbonyl (C=O) groups excluding carboxylic acids is 2. The fourth-order valence-electron chi connectivity index (χ4n) is 3.95. The minimum atomic E-state index is -0.722. The summed E-state index contributed by atoms with van der Waals surface area (Å²) in [6.07, 6.45) is 1.57. The van der Waals surface area contributed by atoms with Crippen LogP contribution >= 0.6 is 0 Å². The molecule has 7 nitrogen and oxygen atoms in total. The van der Waals surface area contributed by atoms with Crippen LogP contribution in [0.5, 0.6) is 17.2 Å². The lowest BCUT2D eigenvalue weighted by molar-refractivity contribution is -0.139. The molecule has 1 fully saturated rings. The van der Waals surface area contributed by atoms with E-state index >= 15 is 0 Å². The lowest BCUT2D eigenvalue weighted by Gasteiger charge is -2.25. The van der Waals surface area contributed by atoms with Crippen LogP contribution in [0, 0.1) is 0 Å². The van der Waals surface area contributed by atoms with Gasteiger partial charge in [-0.25, -0.2) is 0 Å². The van der Waals surface area contributed by atoms with Crippen molar-refractivity contribution in [3.05, 3.63) is 59.2 Å². The molecule has 0 saturated carbocycles. The van der Waals surface area contributed by atoms with Crippen LogP contribution in [0.3, 0.4) is 0 Å². The molecule has 0 bridgehead atoms. The van der Waals surface area contributed by atoms with Gasteiger partial charge in [0.05, 0.1) is 31.9 Å². The Balaban J connectivity index is 2.17. The highest BCUT2D eigenvalue weighted by Gasteiger charge is 2.45. The van der Waals surface area contributed by atoms with Crippen molar-refractivity contribution in [2.45, 2.75) is 45.8 Å². The van der Waals surface area contributed by atoms with Gasteiger partial charge in [0.25, 0.3) is 11.7 Å². The molecule has 1 heterocycles. The van der Waals surface area contributed by atoms with Crippen LogP contribution in [0.15, 0.2) is 48.0 Å². The van der Waals surface area contributed by atoms with Gasteiger partial charge in [-0.15, -0.1) is 0 Å². The summed E-state index contributed by atoms with van der Waals surface area (Å²) in [4.78, 5) is 27.6. The van der Waals surface area contributed by atoms with E-state index in [1.165, 1.54) is 19.1 Å². The van der Waals surface area contributed by atoms with Crippen molar-refractivity contribution in [2.24, 2.45) is 0 Å². The van der Waals surface area contributed by atoms with Gasteiger partial charge >= 0.3 is 0 Å². The van der Waals surface area contributed by atoms with Crippen LogP contribution < -0.4 is 14.2 Å². The zero-order valence-electron chi connectivity index (χ0n) is 19.8. The number of aliphatic hydroxyl groups is 1. The van der Waals surface area contributed by atoms with E-state index in [0.717, 1.165) is 12.8 Å². The Morgan fingerprint density at radius 1 is 1.06 bits per heavy atom. The first kappa shape index (κ1) is 24.2. The van der Waals surface area contributed by atoms with Gasteiger partial charge in [-0.1, -0.05) is 25.5 Å². The summed E-state index contributed by atoms with van der Waals surface area (Å²) in [5.41, 5.74) is 1.11. The maximum absolute atomic E-state index is 13.1. The van der Waals surface area contributed by atoms with Crippen molar-refractivity contribution in [2.75, 3.05) is 20.8 Å². The lowest BCUT2D eigenvalue weighted by Crippen LogP contribution is -2.30. The second-order valence-corrected chi connectivity index (χ2v) is 8.15. The van der Waals surface area contributed by atoms with Gasteiger partial charge in [0.2, 0.25) is 0 Å². The third-order valence-electron chi connectivity index (χ3n) is 5.50. The average Bonchev–Trinajstić information content (AvgIpc) is 3.06. The van der Waals surface area contributed by atoms with Crippen LogP contribution in [-0.4, -0.2) is 48.6 Å². The summed E-state index contributed by atoms with van der Waals surface area (Å²) < 4.78 is 16.4. The van der Waals surface area contributed by atoms with E-state index in [4.69, 9.17) is 14.2 Å². The third-order valence-corrected chi connectivity index (χ3v) is 5.50. The molecule has 7 heteroatoms. The summed E-state index contributed by atoms with van der Waals surface area (Å²) in [7, 11) is 3.01. The van der Waals surface area contributed by atoms with Gasteiger partial charge in [0.15, 0.2) is 11.5 Å². The fourth-order valence-corrected chi connectivity index (χ4v) is 3.95. The van der Waals surface area contributed by atoms with E-state index < -0.39 is 17.7 Å². The Morgan fingerprint density at radius 3 is 2.42 bits per heavy atom. The highest BCUT2D eigenvalue weighted by atomic mass is 16.5. The van der Waals surface area contributed by atoms with Gasteiger partial charge in [-0.2, -0.15) is 0 Å². The summed E-state index contributed by atoms with van der Waals surface area (Å²) in [6.45, 7) is 6.28. The van der Waals surface area contributed by atoms with Crippen LogP contribution in [0.4, 0.5) is 0 Å². The minimum Gasteiger partial charge on any atom is -0.507 e. The molecule has 1 unspecified atom stereocenters. The van der Waals surface area contributed by atoms with Crippen molar-refractivity contribution in [3.8, 4) is 17.2 Å². The largest absolute Gasteiger partial charge is 0.507 e. The molecule has 0 aromatic heterocycles. The summed E-state index contributed by atoms with van der Waals surface area (Å²) in [5.74, 6) is -0.0504. The summed E-state index contributed by atoms with van der Waals surface area (Å²) >= 11 is 0. The Bertz CT molecular complexity index is 1060. The highest BCUT2D eigenvalue weighted by molar-refractivity contribution is 6.46. The lowest BCUT2D eigenvalue weighted by atomic mass is 9.95. The van der Waals surface area contributed by atoms with Crippen LogP contribution in [-0.2, 0) is 9.59 Å². The van der Waals surface area contributed by atoms with Crippen molar-refractivity contribution in [3.63, 3.8) is 0 Å². The molecular formula is C26H31NO6. The predicted octanol–water partition coefficient (Wildman–Crippen LogP) is 4.71. The first-order valence-electron chi connectivity index (χ1n) is 11.1. The quantitative estimate of drug-likeness (QED) is 0.336. The normalized spacial score (nSPS) is 17.5. The van der Waals surface area contributed by atoms with Gasteiger partial charge < -0.3 is 24.2 Å². The monoisotopic (exact) mass is 453 g/mol. The molecule has 1 aliphatic rings. The molecule has 0 spiro atoms. The molecule has 1 aliphatic heterocycles. The SMILES string of the molecule is CCCCN1C(=O)C(=O)/C(=C(/O)c2ccc(OC)c(OC)c2)C1c1cccc(OC(C)C)c1. The average molecular weight is 454 g/mol. The fraction of sp³-hybridized carbons (Fsp3) is 0.385. The van der Waals surface area contributed by atoms with Crippen molar-refractivity contribution in [1.29, 1.82) is 0 Å². The van der Waals surface area contributed by atoms with E-state index in [2.05, 4.69) is 0 Å². The van der Waals surface area contributed by atoms with Crippen LogP contribution in [0.2, 0.25) is 0 Å². The van der Waals surface area contributed by atoms with Crippen molar-refractivity contribution in [1.82, 2.24) is 4.90 Å². The number of methoxy groups -OCH3 is 2. The van der Waals surface area contributed by atoms with Crippen LogP contribution in [0.1, 0.15) is 50.8 Å². The number of carbonyl (C=O) groups is 2. The van der Waals surface area contributed by atoms with Gasteiger partial charge in [0, 0.05) is 12.1 Å². The molecule has 1 atom stereocenters. The number of Topliss-reactive ketones (excluding diaryl/α,β-unsaturated/α-hetero) is 1. The second kappa shape index (κ2) is 10.4. The molecule has 33 heavy (non-hydrogen) atoms. The van der Waals surface area contributed by atoms with Crippen molar-refractivity contribution >= 4 is 17.4 Å². The maximum Gasteiger partial charge on any atom is 0.295 e. The molecule has 1 saturated heterocycles. The zero-order valence-corrected chi connectivity index (χ0v) is 19.8. The minimum absolute atomic E-state index is 0.0292. The number of nitrogens with zero attached hydrogens (tertiary/aromatic N) is 1. The van der Waals surface area contributed by atoms with Crippen molar-refractivity contribution < 1.29 is 28.9 Å². The van der Waals surface area contributed by atoms with Crippen LogP contribution in [0.25, 0.3) is 5.76 Å². The Kier molecular flexibility index (Phi) is 7.63. The first-order valence-corrected chi connectivity index (χ1v) is 11.1.